The molecule has 3 rings (SSSR count). The predicted molar refractivity (Wildman–Crippen MR) is 94.9 cm³/mol. The molecule has 0 radical (unpaired) electrons. The number of carbonyl (C=O) groups is 1. The number of tetrazole rings is 1. The third-order valence-electron chi connectivity index (χ3n) is 3.64. The van der Waals surface area contributed by atoms with E-state index in [1.807, 2.05) is 24.1 Å². The number of ether oxygens (including phenoxy) is 1. The van der Waals surface area contributed by atoms with E-state index < -0.39 is 0 Å². The molecule has 1 N–H and O–H groups in total. The maximum absolute atomic E-state index is 12.4. The van der Waals surface area contributed by atoms with Crippen LogP contribution in [0, 0.1) is 0 Å². The standard InChI is InChI=1S/C17H19N7O2/c1-23(10-13-3-5-18-6-4-13)11-17(25)20-14-7-15(9-16(8-14)26-2)24-12-19-21-22-24/h3-9,12H,10-11H2,1-2H3,(H,20,25). The van der Waals surface area contributed by atoms with Crippen molar-refractivity contribution in [3.05, 3.63) is 54.6 Å². The molecule has 0 atom stereocenters. The monoisotopic (exact) mass is 353 g/mol. The number of anilines is 1. The summed E-state index contributed by atoms with van der Waals surface area (Å²) in [5.41, 5.74) is 2.39. The van der Waals surface area contributed by atoms with Crippen LogP contribution in [-0.4, -0.2) is 56.7 Å². The fourth-order valence-corrected chi connectivity index (χ4v) is 2.49. The maximum Gasteiger partial charge on any atom is 0.238 e. The van der Waals surface area contributed by atoms with Crippen LogP contribution in [-0.2, 0) is 11.3 Å². The Kier molecular flexibility index (Phi) is 5.49. The van der Waals surface area contributed by atoms with Crippen LogP contribution in [0.25, 0.3) is 5.69 Å². The number of aromatic nitrogens is 5. The van der Waals surface area contributed by atoms with E-state index in [1.54, 1.807) is 37.7 Å². The zero-order valence-electron chi connectivity index (χ0n) is 14.5. The predicted octanol–water partition coefficient (Wildman–Crippen LogP) is 1.14. The van der Waals surface area contributed by atoms with E-state index in [9.17, 15) is 4.79 Å². The number of nitrogens with one attached hydrogen (secondary N) is 1. The molecule has 0 bridgehead atoms. The highest BCUT2D eigenvalue weighted by atomic mass is 16.5. The van der Waals surface area contributed by atoms with Crippen molar-refractivity contribution in [3.63, 3.8) is 0 Å². The number of likely N-dealkylation sites (N-methyl/N-ethyl adjacent to an activating group) is 1. The first-order valence-corrected chi connectivity index (χ1v) is 7.94. The molecule has 0 spiro atoms. The Labute approximate surface area is 150 Å². The lowest BCUT2D eigenvalue weighted by atomic mass is 10.2. The highest BCUT2D eigenvalue weighted by molar-refractivity contribution is 5.92. The lowest BCUT2D eigenvalue weighted by Crippen LogP contribution is -2.29. The van der Waals surface area contributed by atoms with Gasteiger partial charge in [-0.05, 0) is 41.2 Å². The van der Waals surface area contributed by atoms with Crippen molar-refractivity contribution in [1.29, 1.82) is 0 Å². The normalized spacial score (nSPS) is 10.7. The van der Waals surface area contributed by atoms with Gasteiger partial charge >= 0.3 is 0 Å². The smallest absolute Gasteiger partial charge is 0.238 e. The maximum atomic E-state index is 12.4. The fraction of sp³-hybridized carbons (Fsp3) is 0.235. The van der Waals surface area contributed by atoms with E-state index in [4.69, 9.17) is 4.74 Å². The van der Waals surface area contributed by atoms with E-state index >= 15 is 0 Å². The van der Waals surface area contributed by atoms with Gasteiger partial charge in [0.1, 0.15) is 12.1 Å². The molecule has 2 aromatic heterocycles. The Morgan fingerprint density at radius 1 is 1.27 bits per heavy atom. The topological polar surface area (TPSA) is 98.1 Å². The molecule has 1 amide bonds. The summed E-state index contributed by atoms with van der Waals surface area (Å²) in [6.07, 6.45) is 4.95. The molecule has 0 saturated carbocycles. The van der Waals surface area contributed by atoms with Crippen molar-refractivity contribution >= 4 is 11.6 Å². The molecule has 0 aliphatic carbocycles. The van der Waals surface area contributed by atoms with Crippen LogP contribution in [0.4, 0.5) is 5.69 Å². The second-order valence-electron chi connectivity index (χ2n) is 5.75. The molecule has 0 fully saturated rings. The number of rotatable bonds is 7. The fourth-order valence-electron chi connectivity index (χ4n) is 2.49. The highest BCUT2D eigenvalue weighted by Gasteiger charge is 2.10. The van der Waals surface area contributed by atoms with E-state index in [-0.39, 0.29) is 12.5 Å². The van der Waals surface area contributed by atoms with Crippen LogP contribution in [0.1, 0.15) is 5.56 Å². The Morgan fingerprint density at radius 2 is 2.08 bits per heavy atom. The van der Waals surface area contributed by atoms with E-state index in [0.717, 1.165) is 5.56 Å². The van der Waals surface area contributed by atoms with Crippen LogP contribution >= 0.6 is 0 Å². The number of methoxy groups -OCH3 is 1. The first kappa shape index (κ1) is 17.5. The van der Waals surface area contributed by atoms with Gasteiger partial charge in [-0.2, -0.15) is 0 Å². The third-order valence-corrected chi connectivity index (χ3v) is 3.64. The Morgan fingerprint density at radius 3 is 2.77 bits per heavy atom. The van der Waals surface area contributed by atoms with Crippen LogP contribution in [0.3, 0.4) is 0 Å². The molecule has 9 heteroatoms. The van der Waals surface area contributed by atoms with Crippen LogP contribution < -0.4 is 10.1 Å². The summed E-state index contributed by atoms with van der Waals surface area (Å²) in [7, 11) is 3.45. The molecule has 134 valence electrons. The quantitative estimate of drug-likeness (QED) is 0.680. The van der Waals surface area contributed by atoms with Crippen molar-refractivity contribution in [2.45, 2.75) is 6.54 Å². The van der Waals surface area contributed by atoms with E-state index in [0.29, 0.717) is 23.7 Å². The Hall–Kier alpha value is -3.33. The number of hydrogen-bond acceptors (Lipinski definition) is 7. The number of nitrogens with zero attached hydrogens (tertiary/aromatic N) is 6. The molecule has 0 saturated heterocycles. The van der Waals surface area contributed by atoms with Gasteiger partial charge in [0.2, 0.25) is 5.91 Å². The Bertz CT molecular complexity index is 853. The summed E-state index contributed by atoms with van der Waals surface area (Å²) in [6.45, 7) is 0.906. The van der Waals surface area contributed by atoms with Gasteiger partial charge in [0.15, 0.2) is 0 Å². The summed E-state index contributed by atoms with van der Waals surface area (Å²) < 4.78 is 6.78. The van der Waals surface area contributed by atoms with Crippen LogP contribution in [0.5, 0.6) is 5.75 Å². The van der Waals surface area contributed by atoms with Crippen molar-refractivity contribution in [2.75, 3.05) is 26.0 Å². The van der Waals surface area contributed by atoms with Crippen LogP contribution in [0.15, 0.2) is 49.1 Å². The van der Waals surface area contributed by atoms with Gasteiger partial charge in [0.25, 0.3) is 0 Å². The molecule has 0 aliphatic heterocycles. The lowest BCUT2D eigenvalue weighted by Gasteiger charge is -2.16. The Balaban J connectivity index is 1.66. The minimum absolute atomic E-state index is 0.127. The molecular formula is C17H19N7O2. The zero-order valence-corrected chi connectivity index (χ0v) is 14.5. The minimum atomic E-state index is -0.127. The lowest BCUT2D eigenvalue weighted by molar-refractivity contribution is -0.117. The SMILES string of the molecule is COc1cc(NC(=O)CN(C)Cc2ccncc2)cc(-n2cnnn2)c1. The number of hydrogen-bond donors (Lipinski definition) is 1. The summed E-state index contributed by atoms with van der Waals surface area (Å²) in [4.78, 5) is 18.3. The molecule has 9 nitrogen and oxygen atoms in total. The molecule has 1 aromatic carbocycles. The summed E-state index contributed by atoms with van der Waals surface area (Å²) >= 11 is 0. The second-order valence-corrected chi connectivity index (χ2v) is 5.75. The van der Waals surface area contributed by atoms with Gasteiger partial charge < -0.3 is 10.1 Å². The summed E-state index contributed by atoms with van der Waals surface area (Å²) in [5.74, 6) is 0.468. The zero-order chi connectivity index (χ0) is 18.4. The first-order valence-electron chi connectivity index (χ1n) is 7.94. The second kappa shape index (κ2) is 8.17. The van der Waals surface area contributed by atoms with Crippen molar-refractivity contribution in [2.24, 2.45) is 0 Å². The van der Waals surface area contributed by atoms with Gasteiger partial charge in [-0.1, -0.05) is 0 Å². The van der Waals surface area contributed by atoms with Crippen molar-refractivity contribution in [3.8, 4) is 11.4 Å². The highest BCUT2D eigenvalue weighted by Crippen LogP contribution is 2.22. The molecule has 2 heterocycles. The number of benzene rings is 1. The molecule has 0 aliphatic rings. The largest absolute Gasteiger partial charge is 0.497 e. The summed E-state index contributed by atoms with van der Waals surface area (Å²) in [5, 5.41) is 14.0. The third kappa shape index (κ3) is 4.61. The first-order chi connectivity index (χ1) is 12.6. The summed E-state index contributed by atoms with van der Waals surface area (Å²) in [6, 6.07) is 9.15. The van der Waals surface area contributed by atoms with Gasteiger partial charge in [0.05, 0.1) is 19.3 Å². The molecule has 0 unspecified atom stereocenters. The van der Waals surface area contributed by atoms with Gasteiger partial charge in [-0.3, -0.25) is 14.7 Å². The van der Waals surface area contributed by atoms with Gasteiger partial charge in [0, 0.05) is 36.8 Å². The van der Waals surface area contributed by atoms with Crippen molar-refractivity contribution in [1.82, 2.24) is 30.1 Å². The van der Waals surface area contributed by atoms with Crippen molar-refractivity contribution < 1.29 is 9.53 Å². The molecule has 3 aromatic rings. The number of amides is 1. The van der Waals surface area contributed by atoms with E-state index in [1.165, 1.54) is 11.0 Å². The van der Waals surface area contributed by atoms with Gasteiger partial charge in [-0.15, -0.1) is 5.10 Å². The van der Waals surface area contributed by atoms with Gasteiger partial charge in [-0.25, -0.2) is 4.68 Å². The average Bonchev–Trinajstić information content (AvgIpc) is 3.16. The number of pyridine rings is 1. The minimum Gasteiger partial charge on any atom is -0.497 e. The van der Waals surface area contributed by atoms with E-state index in [2.05, 4.69) is 25.8 Å². The molecule has 26 heavy (non-hydrogen) atoms. The number of carbonyl (C=O) groups excluding carboxylic acids is 1. The van der Waals surface area contributed by atoms with Crippen LogP contribution in [0.2, 0.25) is 0 Å². The molecular weight excluding hydrogens is 334 g/mol. The average molecular weight is 353 g/mol.